The number of ether oxygens (including phenoxy) is 1. The number of aromatic nitrogens is 1. The third kappa shape index (κ3) is 3.46. The number of halogens is 2. The van der Waals surface area contributed by atoms with Gasteiger partial charge in [-0.2, -0.15) is 0 Å². The number of nitrogens with zero attached hydrogens (tertiary/aromatic N) is 1. The molecule has 0 amide bonds. The van der Waals surface area contributed by atoms with Gasteiger partial charge in [0.25, 0.3) is 0 Å². The van der Waals surface area contributed by atoms with E-state index in [0.29, 0.717) is 10.0 Å². The van der Waals surface area contributed by atoms with Crippen molar-refractivity contribution in [2.24, 2.45) is 0 Å². The molecule has 0 aliphatic heterocycles. The third-order valence-electron chi connectivity index (χ3n) is 3.24. The van der Waals surface area contributed by atoms with Crippen LogP contribution in [0.2, 0.25) is 0 Å². The predicted octanol–water partition coefficient (Wildman–Crippen LogP) is 4.52. The van der Waals surface area contributed by atoms with E-state index in [1.165, 1.54) is 12.1 Å². The van der Waals surface area contributed by atoms with Crippen LogP contribution in [-0.2, 0) is 6.61 Å². The summed E-state index contributed by atoms with van der Waals surface area (Å²) in [6.07, 6.45) is 0. The Morgan fingerprint density at radius 1 is 1.25 bits per heavy atom. The Balaban J connectivity index is 1.84. The van der Waals surface area contributed by atoms with E-state index >= 15 is 0 Å². The van der Waals surface area contributed by atoms with E-state index in [1.807, 2.05) is 30.3 Å². The second-order valence-electron chi connectivity index (χ2n) is 4.92. The quantitative estimate of drug-likeness (QED) is 0.691. The SMILES string of the molecule is O=C(O)c1cc(-c2cc(F)c(OCc3ccccc3)c(Br)c2)no1. The molecular weight excluding hydrogens is 381 g/mol. The lowest BCUT2D eigenvalue weighted by Crippen LogP contribution is -1.98. The number of carbonyl (C=O) groups is 1. The van der Waals surface area contributed by atoms with Crippen molar-refractivity contribution in [2.45, 2.75) is 6.61 Å². The minimum atomic E-state index is -1.24. The van der Waals surface area contributed by atoms with Crippen molar-refractivity contribution in [1.82, 2.24) is 5.16 Å². The van der Waals surface area contributed by atoms with Gasteiger partial charge in [-0.3, -0.25) is 0 Å². The van der Waals surface area contributed by atoms with E-state index in [4.69, 9.17) is 9.84 Å². The summed E-state index contributed by atoms with van der Waals surface area (Å²) in [7, 11) is 0. The molecule has 0 fully saturated rings. The van der Waals surface area contributed by atoms with E-state index in [-0.39, 0.29) is 23.8 Å². The molecule has 0 aliphatic carbocycles. The van der Waals surface area contributed by atoms with Crippen LogP contribution in [0.4, 0.5) is 4.39 Å². The molecule has 3 rings (SSSR count). The van der Waals surface area contributed by atoms with Gasteiger partial charge < -0.3 is 14.4 Å². The van der Waals surface area contributed by atoms with Crippen LogP contribution < -0.4 is 4.74 Å². The summed E-state index contributed by atoms with van der Waals surface area (Å²) in [4.78, 5) is 10.8. The molecule has 3 aromatic rings. The molecule has 1 aromatic heterocycles. The molecule has 0 bridgehead atoms. The molecule has 7 heteroatoms. The van der Waals surface area contributed by atoms with Crippen molar-refractivity contribution < 1.29 is 23.6 Å². The first-order valence-electron chi connectivity index (χ1n) is 6.91. The zero-order valence-electron chi connectivity index (χ0n) is 12.2. The molecule has 0 radical (unpaired) electrons. The minimum Gasteiger partial charge on any atom is -0.485 e. The fraction of sp³-hybridized carbons (Fsp3) is 0.0588. The van der Waals surface area contributed by atoms with Gasteiger partial charge in [0.05, 0.1) is 4.47 Å². The third-order valence-corrected chi connectivity index (χ3v) is 3.83. The molecule has 5 nitrogen and oxygen atoms in total. The monoisotopic (exact) mass is 391 g/mol. The predicted molar refractivity (Wildman–Crippen MR) is 87.3 cm³/mol. The summed E-state index contributed by atoms with van der Waals surface area (Å²) in [5.74, 6) is -2.07. The van der Waals surface area contributed by atoms with Gasteiger partial charge in [-0.15, -0.1) is 0 Å². The van der Waals surface area contributed by atoms with Gasteiger partial charge in [0.15, 0.2) is 11.6 Å². The fourth-order valence-corrected chi connectivity index (χ4v) is 2.64. The molecule has 122 valence electrons. The lowest BCUT2D eigenvalue weighted by molar-refractivity contribution is 0.0652. The summed E-state index contributed by atoms with van der Waals surface area (Å²) in [5, 5.41) is 12.5. The van der Waals surface area contributed by atoms with Crippen LogP contribution in [0.15, 0.2) is 57.5 Å². The standard InChI is InChI=1S/C17H11BrFNO4/c18-12-6-11(14-8-15(17(21)22)24-20-14)7-13(19)16(12)23-9-10-4-2-1-3-5-10/h1-8H,9H2,(H,21,22). The number of benzene rings is 2. The number of hydrogen-bond donors (Lipinski definition) is 1. The van der Waals surface area contributed by atoms with E-state index in [1.54, 1.807) is 6.07 Å². The van der Waals surface area contributed by atoms with Crippen LogP contribution in [0.1, 0.15) is 16.1 Å². The van der Waals surface area contributed by atoms with Crippen LogP contribution in [0.3, 0.4) is 0 Å². The van der Waals surface area contributed by atoms with Gasteiger partial charge in [0.2, 0.25) is 5.76 Å². The number of carboxylic acids is 1. The molecule has 1 heterocycles. The Labute approximate surface area is 144 Å². The normalized spacial score (nSPS) is 10.6. The lowest BCUT2D eigenvalue weighted by atomic mass is 10.1. The van der Waals surface area contributed by atoms with Gasteiger partial charge >= 0.3 is 5.97 Å². The second-order valence-corrected chi connectivity index (χ2v) is 5.78. The average Bonchev–Trinajstić information content (AvgIpc) is 3.05. The molecule has 0 unspecified atom stereocenters. The number of rotatable bonds is 5. The van der Waals surface area contributed by atoms with Gasteiger partial charge in [-0.1, -0.05) is 35.5 Å². The zero-order valence-corrected chi connectivity index (χ0v) is 13.8. The lowest BCUT2D eigenvalue weighted by Gasteiger charge is -2.10. The summed E-state index contributed by atoms with van der Waals surface area (Å²) in [5.41, 5.74) is 1.51. The van der Waals surface area contributed by atoms with Crippen molar-refractivity contribution in [3.8, 4) is 17.0 Å². The maximum atomic E-state index is 14.3. The topological polar surface area (TPSA) is 72.6 Å². The Morgan fingerprint density at radius 2 is 2.00 bits per heavy atom. The van der Waals surface area contributed by atoms with Crippen LogP contribution >= 0.6 is 15.9 Å². The van der Waals surface area contributed by atoms with E-state index in [9.17, 15) is 9.18 Å². The van der Waals surface area contributed by atoms with Crippen LogP contribution in [-0.4, -0.2) is 16.2 Å². The molecule has 0 saturated heterocycles. The maximum absolute atomic E-state index is 14.3. The van der Waals surface area contributed by atoms with Crippen LogP contribution in [0.25, 0.3) is 11.3 Å². The van der Waals surface area contributed by atoms with Crippen molar-refractivity contribution in [3.05, 3.63) is 70.1 Å². The van der Waals surface area contributed by atoms with Crippen molar-refractivity contribution in [1.29, 1.82) is 0 Å². The first-order chi connectivity index (χ1) is 11.5. The average molecular weight is 392 g/mol. The fourth-order valence-electron chi connectivity index (χ4n) is 2.09. The maximum Gasteiger partial charge on any atom is 0.374 e. The molecule has 0 spiro atoms. The summed E-state index contributed by atoms with van der Waals surface area (Å²) in [6.45, 7) is 0.225. The smallest absolute Gasteiger partial charge is 0.374 e. The summed E-state index contributed by atoms with van der Waals surface area (Å²) >= 11 is 3.26. The first kappa shape index (κ1) is 16.2. The first-order valence-corrected chi connectivity index (χ1v) is 7.70. The van der Waals surface area contributed by atoms with Crippen molar-refractivity contribution in [2.75, 3.05) is 0 Å². The Kier molecular flexibility index (Phi) is 4.61. The van der Waals surface area contributed by atoms with Gasteiger partial charge in [-0.25, -0.2) is 9.18 Å². The second kappa shape index (κ2) is 6.84. The van der Waals surface area contributed by atoms with Gasteiger partial charge in [0, 0.05) is 11.6 Å². The molecule has 24 heavy (non-hydrogen) atoms. The Hall–Kier alpha value is -2.67. The Bertz CT molecular complexity index is 856. The largest absolute Gasteiger partial charge is 0.485 e. The molecular formula is C17H11BrFNO4. The molecule has 1 N–H and O–H groups in total. The highest BCUT2D eigenvalue weighted by atomic mass is 79.9. The number of carboxylic acid groups (broad SMARTS) is 1. The zero-order chi connectivity index (χ0) is 17.1. The van der Waals surface area contributed by atoms with Crippen LogP contribution in [0.5, 0.6) is 5.75 Å². The van der Waals surface area contributed by atoms with Gasteiger partial charge in [0.1, 0.15) is 12.3 Å². The minimum absolute atomic E-state index is 0.0737. The molecule has 0 saturated carbocycles. The summed E-state index contributed by atoms with van der Waals surface area (Å²) < 4.78 is 24.9. The van der Waals surface area contributed by atoms with Crippen molar-refractivity contribution >= 4 is 21.9 Å². The van der Waals surface area contributed by atoms with E-state index in [2.05, 4.69) is 25.6 Å². The Morgan fingerprint density at radius 3 is 2.62 bits per heavy atom. The van der Waals surface area contributed by atoms with Crippen LogP contribution in [0, 0.1) is 5.82 Å². The van der Waals surface area contributed by atoms with Crippen molar-refractivity contribution in [3.63, 3.8) is 0 Å². The highest BCUT2D eigenvalue weighted by molar-refractivity contribution is 9.10. The number of hydrogen-bond acceptors (Lipinski definition) is 4. The van der Waals surface area contributed by atoms with E-state index in [0.717, 1.165) is 5.56 Å². The molecule has 0 atom stereocenters. The highest BCUT2D eigenvalue weighted by Gasteiger charge is 2.16. The molecule has 0 aliphatic rings. The highest BCUT2D eigenvalue weighted by Crippen LogP contribution is 2.34. The number of aromatic carboxylic acids is 1. The summed E-state index contributed by atoms with van der Waals surface area (Å²) in [6, 6.07) is 13.4. The van der Waals surface area contributed by atoms with E-state index < -0.39 is 11.8 Å². The molecule has 2 aromatic carbocycles. The van der Waals surface area contributed by atoms with Gasteiger partial charge in [-0.05, 0) is 33.6 Å².